The van der Waals surface area contributed by atoms with Gasteiger partial charge in [-0.05, 0) is 24.6 Å². The van der Waals surface area contributed by atoms with Crippen LogP contribution in [0.25, 0.3) is 0 Å². The number of nitrogen functional groups attached to an aromatic ring is 1. The topological polar surface area (TPSA) is 107 Å². The number of hydrogen-bond acceptors (Lipinski definition) is 7. The molecule has 0 aliphatic heterocycles. The van der Waals surface area contributed by atoms with Crippen LogP contribution >= 0.6 is 22.9 Å². The molecule has 0 radical (unpaired) electrons. The van der Waals surface area contributed by atoms with E-state index in [0.717, 1.165) is 12.8 Å². The van der Waals surface area contributed by atoms with E-state index in [1.807, 2.05) is 6.92 Å². The summed E-state index contributed by atoms with van der Waals surface area (Å²) in [6.07, 6.45) is 1.69. The van der Waals surface area contributed by atoms with E-state index < -0.39 is 10.0 Å². The average Bonchev–Trinajstić information content (AvgIpc) is 2.91. The van der Waals surface area contributed by atoms with Crippen molar-refractivity contribution in [3.8, 4) is 5.75 Å². The molecule has 1 heterocycles. The molecule has 2 rings (SSSR count). The van der Waals surface area contributed by atoms with E-state index in [4.69, 9.17) is 22.1 Å². The van der Waals surface area contributed by atoms with Crippen LogP contribution in [0.4, 0.5) is 5.13 Å². The van der Waals surface area contributed by atoms with Gasteiger partial charge in [-0.1, -0.05) is 36.3 Å². The van der Waals surface area contributed by atoms with Crippen LogP contribution < -0.4 is 15.2 Å². The number of ether oxygens (including phenoxy) is 1. The smallest absolute Gasteiger partial charge is 0.240 e. The van der Waals surface area contributed by atoms with Crippen LogP contribution in [0.5, 0.6) is 5.75 Å². The van der Waals surface area contributed by atoms with Gasteiger partial charge in [-0.3, -0.25) is 0 Å². The van der Waals surface area contributed by atoms with Crippen LogP contribution in [0.1, 0.15) is 24.8 Å². The largest absolute Gasteiger partial charge is 0.485 e. The van der Waals surface area contributed by atoms with E-state index in [-0.39, 0.29) is 16.5 Å². The summed E-state index contributed by atoms with van der Waals surface area (Å²) in [4.78, 5) is 0.103. The third kappa shape index (κ3) is 5.03. The Bertz CT molecular complexity index is 764. The SMILES string of the molecule is CCCCNS(=O)(=O)c1ccc(OCc2nnc(N)s2)c(Cl)c1. The molecule has 0 aliphatic rings. The third-order valence-corrected chi connectivity index (χ3v) is 5.35. The van der Waals surface area contributed by atoms with Gasteiger partial charge in [-0.15, -0.1) is 10.2 Å². The van der Waals surface area contributed by atoms with Crippen molar-refractivity contribution in [1.29, 1.82) is 0 Å². The summed E-state index contributed by atoms with van der Waals surface area (Å²) in [5, 5.41) is 8.68. The summed E-state index contributed by atoms with van der Waals surface area (Å²) in [6, 6.07) is 4.32. The van der Waals surface area contributed by atoms with Gasteiger partial charge in [0.25, 0.3) is 0 Å². The Morgan fingerprint density at radius 1 is 1.39 bits per heavy atom. The summed E-state index contributed by atoms with van der Waals surface area (Å²) >= 11 is 7.31. The molecule has 0 fully saturated rings. The zero-order valence-electron chi connectivity index (χ0n) is 12.5. The monoisotopic (exact) mass is 376 g/mol. The van der Waals surface area contributed by atoms with Crippen molar-refractivity contribution in [3.05, 3.63) is 28.2 Å². The minimum atomic E-state index is -3.56. The first kappa shape index (κ1) is 17.9. The standard InChI is InChI=1S/C13H17ClN4O3S2/c1-2-3-6-16-23(19,20)9-4-5-11(10(14)7-9)21-8-12-17-18-13(15)22-12/h4-5,7,16H,2-3,6,8H2,1H3,(H2,15,18). The summed E-state index contributed by atoms with van der Waals surface area (Å²) in [6.45, 7) is 2.55. The van der Waals surface area contributed by atoms with E-state index in [0.29, 0.717) is 22.4 Å². The van der Waals surface area contributed by atoms with E-state index >= 15 is 0 Å². The minimum absolute atomic E-state index is 0.103. The number of rotatable bonds is 8. The second kappa shape index (κ2) is 7.91. The molecule has 0 unspecified atom stereocenters. The maximum Gasteiger partial charge on any atom is 0.240 e. The number of nitrogens with zero attached hydrogens (tertiary/aromatic N) is 2. The summed E-state index contributed by atoms with van der Waals surface area (Å²) in [5.74, 6) is 0.368. The molecule has 7 nitrogen and oxygen atoms in total. The van der Waals surface area contributed by atoms with Crippen molar-refractivity contribution in [2.24, 2.45) is 0 Å². The van der Waals surface area contributed by atoms with Gasteiger partial charge in [0, 0.05) is 6.54 Å². The molecule has 1 aromatic carbocycles. The normalized spacial score (nSPS) is 11.6. The van der Waals surface area contributed by atoms with Gasteiger partial charge in [0.1, 0.15) is 12.4 Å². The van der Waals surface area contributed by atoms with Crippen molar-refractivity contribution < 1.29 is 13.2 Å². The van der Waals surface area contributed by atoms with Crippen LogP contribution in [-0.4, -0.2) is 25.2 Å². The molecule has 1 aromatic heterocycles. The highest BCUT2D eigenvalue weighted by atomic mass is 35.5. The summed E-state index contributed by atoms with van der Waals surface area (Å²) in [5.41, 5.74) is 5.48. The molecular formula is C13H17ClN4O3S2. The third-order valence-electron chi connectivity index (χ3n) is 2.87. The maximum atomic E-state index is 12.1. The number of benzene rings is 1. The fourth-order valence-corrected chi connectivity index (χ4v) is 3.62. The molecule has 0 amide bonds. The van der Waals surface area contributed by atoms with Gasteiger partial charge in [-0.25, -0.2) is 13.1 Å². The second-order valence-corrected chi connectivity index (χ2v) is 7.93. The predicted octanol–water partition coefficient (Wildman–Crippen LogP) is 2.43. The lowest BCUT2D eigenvalue weighted by Gasteiger charge is -2.09. The predicted molar refractivity (Wildman–Crippen MR) is 90.2 cm³/mol. The van der Waals surface area contributed by atoms with Crippen LogP contribution in [0.3, 0.4) is 0 Å². The molecule has 23 heavy (non-hydrogen) atoms. The highest BCUT2D eigenvalue weighted by Crippen LogP contribution is 2.28. The lowest BCUT2D eigenvalue weighted by Crippen LogP contribution is -2.24. The van der Waals surface area contributed by atoms with E-state index in [1.54, 1.807) is 0 Å². The van der Waals surface area contributed by atoms with Crippen molar-refractivity contribution >= 4 is 38.1 Å². The molecule has 0 saturated heterocycles. The Morgan fingerprint density at radius 2 is 2.17 bits per heavy atom. The number of halogens is 1. The fraction of sp³-hybridized carbons (Fsp3) is 0.385. The number of anilines is 1. The van der Waals surface area contributed by atoms with Crippen molar-refractivity contribution in [1.82, 2.24) is 14.9 Å². The van der Waals surface area contributed by atoms with E-state index in [9.17, 15) is 8.42 Å². The number of nitrogens with one attached hydrogen (secondary N) is 1. The summed E-state index contributed by atoms with van der Waals surface area (Å²) < 4.78 is 32.3. The van der Waals surface area contributed by atoms with Crippen molar-refractivity contribution in [2.45, 2.75) is 31.3 Å². The van der Waals surface area contributed by atoms with Crippen LogP contribution in [0, 0.1) is 0 Å². The molecule has 0 bridgehead atoms. The Morgan fingerprint density at radius 3 is 2.78 bits per heavy atom. The highest BCUT2D eigenvalue weighted by molar-refractivity contribution is 7.89. The van der Waals surface area contributed by atoms with E-state index in [1.165, 1.54) is 29.5 Å². The molecular weight excluding hydrogens is 360 g/mol. The molecule has 0 spiro atoms. The molecule has 126 valence electrons. The zero-order chi connectivity index (χ0) is 16.9. The zero-order valence-corrected chi connectivity index (χ0v) is 14.8. The molecule has 0 aliphatic carbocycles. The Balaban J connectivity index is 2.05. The van der Waals surface area contributed by atoms with Gasteiger partial charge < -0.3 is 10.5 Å². The average molecular weight is 377 g/mol. The summed E-state index contributed by atoms with van der Waals surface area (Å²) in [7, 11) is -3.56. The Hall–Kier alpha value is -1.42. The molecule has 2 aromatic rings. The molecule has 10 heteroatoms. The second-order valence-electron chi connectivity index (χ2n) is 4.67. The number of aromatic nitrogens is 2. The Kier molecular flexibility index (Phi) is 6.17. The van der Waals surface area contributed by atoms with E-state index in [2.05, 4.69) is 14.9 Å². The Labute approximate surface area is 143 Å². The van der Waals surface area contributed by atoms with Crippen LogP contribution in [0.15, 0.2) is 23.1 Å². The van der Waals surface area contributed by atoms with Gasteiger partial charge in [0.05, 0.1) is 9.92 Å². The van der Waals surface area contributed by atoms with Gasteiger partial charge in [0.2, 0.25) is 15.2 Å². The quantitative estimate of drug-likeness (QED) is 0.685. The number of hydrogen-bond donors (Lipinski definition) is 2. The molecule has 0 saturated carbocycles. The van der Waals surface area contributed by atoms with Crippen LogP contribution in [0.2, 0.25) is 5.02 Å². The number of unbranched alkanes of at least 4 members (excludes halogenated alkanes) is 1. The lowest BCUT2D eigenvalue weighted by molar-refractivity contribution is 0.304. The first-order valence-electron chi connectivity index (χ1n) is 6.92. The first-order valence-corrected chi connectivity index (χ1v) is 9.60. The highest BCUT2D eigenvalue weighted by Gasteiger charge is 2.15. The van der Waals surface area contributed by atoms with Crippen LogP contribution in [-0.2, 0) is 16.6 Å². The number of sulfonamides is 1. The lowest BCUT2D eigenvalue weighted by atomic mass is 10.3. The van der Waals surface area contributed by atoms with Gasteiger partial charge in [0.15, 0.2) is 5.01 Å². The molecule has 3 N–H and O–H groups in total. The van der Waals surface area contributed by atoms with Crippen molar-refractivity contribution in [3.63, 3.8) is 0 Å². The number of nitrogens with two attached hydrogens (primary N) is 1. The molecule has 0 atom stereocenters. The fourth-order valence-electron chi connectivity index (χ4n) is 1.70. The minimum Gasteiger partial charge on any atom is -0.485 e. The van der Waals surface area contributed by atoms with Gasteiger partial charge >= 0.3 is 0 Å². The first-order chi connectivity index (χ1) is 10.9. The van der Waals surface area contributed by atoms with Crippen molar-refractivity contribution in [2.75, 3.05) is 12.3 Å². The van der Waals surface area contributed by atoms with Gasteiger partial charge in [-0.2, -0.15) is 0 Å². The maximum absolute atomic E-state index is 12.1.